The van der Waals surface area contributed by atoms with Crippen LogP contribution in [0.1, 0.15) is 34.8 Å². The topological polar surface area (TPSA) is 37.4 Å². The highest BCUT2D eigenvalue weighted by molar-refractivity contribution is 7.14. The molecule has 0 spiro atoms. The first-order valence-electron chi connectivity index (χ1n) is 6.34. The van der Waals surface area contributed by atoms with E-state index in [2.05, 4.69) is 13.8 Å². The van der Waals surface area contributed by atoms with Crippen LogP contribution in [0.4, 0.5) is 0 Å². The van der Waals surface area contributed by atoms with Crippen LogP contribution >= 0.6 is 11.3 Å². The Bertz CT molecular complexity index is 464. The largest absolute Gasteiger partial charge is 0.335 e. The zero-order valence-electron chi connectivity index (χ0n) is 11.1. The Kier molecular flexibility index (Phi) is 3.85. The number of hydrogen-bond donors (Lipinski definition) is 0. The van der Waals surface area contributed by atoms with Crippen LogP contribution in [-0.2, 0) is 4.79 Å². The molecule has 2 rings (SSSR count). The van der Waals surface area contributed by atoms with E-state index in [4.69, 9.17) is 0 Å². The monoisotopic (exact) mass is 265 g/mol. The quantitative estimate of drug-likeness (QED) is 0.785. The number of rotatable bonds is 4. The second kappa shape index (κ2) is 5.22. The van der Waals surface area contributed by atoms with Crippen LogP contribution in [0.2, 0.25) is 0 Å². The van der Waals surface area contributed by atoms with Gasteiger partial charge in [-0.05, 0) is 30.9 Å². The Morgan fingerprint density at radius 3 is 2.72 bits per heavy atom. The van der Waals surface area contributed by atoms with Gasteiger partial charge in [-0.2, -0.15) is 0 Å². The van der Waals surface area contributed by atoms with Crippen molar-refractivity contribution in [1.82, 2.24) is 4.90 Å². The second-order valence-electron chi connectivity index (χ2n) is 5.32. The average molecular weight is 265 g/mol. The summed E-state index contributed by atoms with van der Waals surface area (Å²) in [5.41, 5.74) is 0. The van der Waals surface area contributed by atoms with Crippen molar-refractivity contribution in [1.29, 1.82) is 0 Å². The Morgan fingerprint density at radius 1 is 1.50 bits per heavy atom. The van der Waals surface area contributed by atoms with Crippen molar-refractivity contribution in [3.63, 3.8) is 0 Å². The number of carbonyl (C=O) groups excluding carboxylic acids is 2. The molecule has 0 N–H and O–H groups in total. The maximum Gasteiger partial charge on any atom is 0.223 e. The highest BCUT2D eigenvalue weighted by atomic mass is 32.1. The lowest BCUT2D eigenvalue weighted by molar-refractivity contribution is -0.127. The molecule has 1 fully saturated rings. The van der Waals surface area contributed by atoms with Crippen LogP contribution in [0.25, 0.3) is 0 Å². The third-order valence-electron chi connectivity index (χ3n) is 3.54. The molecule has 98 valence electrons. The van der Waals surface area contributed by atoms with Crippen LogP contribution in [0.15, 0.2) is 12.1 Å². The molecule has 1 saturated heterocycles. The van der Waals surface area contributed by atoms with Crippen molar-refractivity contribution >= 4 is 23.0 Å². The number of amides is 1. The molecule has 1 unspecified atom stereocenters. The summed E-state index contributed by atoms with van der Waals surface area (Å²) in [5.74, 6) is 1.08. The van der Waals surface area contributed by atoms with E-state index in [1.54, 1.807) is 4.90 Å². The summed E-state index contributed by atoms with van der Waals surface area (Å²) < 4.78 is 0. The van der Waals surface area contributed by atoms with Gasteiger partial charge in [-0.3, -0.25) is 9.59 Å². The van der Waals surface area contributed by atoms with Gasteiger partial charge in [0.1, 0.15) is 0 Å². The standard InChI is InChI=1S/C14H19NO2S/c1-9(2)11-6-14(17)15(7-11)8-12(16)13-5-4-10(3)18-13/h4-5,9,11H,6-8H2,1-3H3. The Labute approximate surface area is 112 Å². The SMILES string of the molecule is Cc1ccc(C(=O)CN2CC(C(C)C)CC2=O)s1. The van der Waals surface area contributed by atoms with Gasteiger partial charge in [0.15, 0.2) is 5.78 Å². The lowest BCUT2D eigenvalue weighted by Crippen LogP contribution is -2.31. The first-order chi connectivity index (χ1) is 8.47. The normalized spacial score (nSPS) is 19.9. The maximum atomic E-state index is 12.1. The van der Waals surface area contributed by atoms with E-state index in [0.29, 0.717) is 18.3 Å². The van der Waals surface area contributed by atoms with Crippen molar-refractivity contribution in [2.24, 2.45) is 11.8 Å². The molecule has 0 aliphatic carbocycles. The summed E-state index contributed by atoms with van der Waals surface area (Å²) >= 11 is 1.50. The maximum absolute atomic E-state index is 12.1. The second-order valence-corrected chi connectivity index (χ2v) is 6.60. The fraction of sp³-hybridized carbons (Fsp3) is 0.571. The van der Waals surface area contributed by atoms with Gasteiger partial charge >= 0.3 is 0 Å². The van der Waals surface area contributed by atoms with Crippen LogP contribution in [-0.4, -0.2) is 29.7 Å². The van der Waals surface area contributed by atoms with E-state index >= 15 is 0 Å². The molecular weight excluding hydrogens is 246 g/mol. The van der Waals surface area contributed by atoms with Crippen molar-refractivity contribution in [2.45, 2.75) is 27.2 Å². The zero-order valence-corrected chi connectivity index (χ0v) is 11.9. The van der Waals surface area contributed by atoms with Gasteiger partial charge in [0.25, 0.3) is 0 Å². The Hall–Kier alpha value is -1.16. The van der Waals surface area contributed by atoms with Gasteiger partial charge in [-0.15, -0.1) is 11.3 Å². The van der Waals surface area contributed by atoms with Crippen molar-refractivity contribution < 1.29 is 9.59 Å². The highest BCUT2D eigenvalue weighted by Gasteiger charge is 2.32. The molecule has 0 aromatic carbocycles. The number of aryl methyl sites for hydroxylation is 1. The van der Waals surface area contributed by atoms with E-state index in [-0.39, 0.29) is 18.2 Å². The number of nitrogens with zero attached hydrogens (tertiary/aromatic N) is 1. The molecule has 2 heterocycles. The molecule has 3 nitrogen and oxygen atoms in total. The van der Waals surface area contributed by atoms with Gasteiger partial charge in [-0.25, -0.2) is 0 Å². The molecule has 1 aliphatic heterocycles. The summed E-state index contributed by atoms with van der Waals surface area (Å²) in [6.07, 6.45) is 0.592. The van der Waals surface area contributed by atoms with E-state index in [1.807, 2.05) is 19.1 Å². The van der Waals surface area contributed by atoms with Crippen molar-refractivity contribution in [3.05, 3.63) is 21.9 Å². The van der Waals surface area contributed by atoms with Crippen LogP contribution in [0.5, 0.6) is 0 Å². The third kappa shape index (κ3) is 2.80. The molecule has 1 aromatic rings. The molecule has 0 bridgehead atoms. The number of carbonyl (C=O) groups is 2. The first kappa shape index (κ1) is 13.3. The van der Waals surface area contributed by atoms with E-state index in [0.717, 1.165) is 16.3 Å². The Balaban J connectivity index is 1.98. The number of Topliss-reactive ketones (excluding diaryl/α,β-unsaturated/α-hetero) is 1. The average Bonchev–Trinajstić information content (AvgIpc) is 2.86. The van der Waals surface area contributed by atoms with Crippen LogP contribution in [0, 0.1) is 18.8 Å². The number of hydrogen-bond acceptors (Lipinski definition) is 3. The lowest BCUT2D eigenvalue weighted by Gasteiger charge is -2.16. The van der Waals surface area contributed by atoms with Crippen LogP contribution < -0.4 is 0 Å². The molecule has 1 amide bonds. The number of thiophene rings is 1. The number of ketones is 1. The van der Waals surface area contributed by atoms with Gasteiger partial charge in [0, 0.05) is 17.8 Å². The first-order valence-corrected chi connectivity index (χ1v) is 7.16. The van der Waals surface area contributed by atoms with E-state index < -0.39 is 0 Å². The molecule has 4 heteroatoms. The predicted octanol–water partition coefficient (Wildman–Crippen LogP) is 2.74. The highest BCUT2D eigenvalue weighted by Crippen LogP contribution is 2.25. The van der Waals surface area contributed by atoms with Gasteiger partial charge in [-0.1, -0.05) is 13.8 Å². The Morgan fingerprint density at radius 2 is 2.22 bits per heavy atom. The molecule has 1 aromatic heterocycles. The van der Waals surface area contributed by atoms with E-state index in [1.165, 1.54) is 11.3 Å². The molecular formula is C14H19NO2S. The van der Waals surface area contributed by atoms with Crippen molar-refractivity contribution in [2.75, 3.05) is 13.1 Å². The summed E-state index contributed by atoms with van der Waals surface area (Å²) in [6.45, 7) is 7.21. The summed E-state index contributed by atoms with van der Waals surface area (Å²) in [4.78, 5) is 27.5. The van der Waals surface area contributed by atoms with E-state index in [9.17, 15) is 9.59 Å². The molecule has 1 aliphatic rings. The summed E-state index contributed by atoms with van der Waals surface area (Å²) in [6, 6.07) is 3.80. The molecule has 0 saturated carbocycles. The minimum absolute atomic E-state index is 0.0610. The fourth-order valence-corrected chi connectivity index (χ4v) is 3.04. The molecule has 0 radical (unpaired) electrons. The fourth-order valence-electron chi connectivity index (χ4n) is 2.24. The minimum atomic E-state index is 0.0610. The van der Waals surface area contributed by atoms with Gasteiger partial charge in [0.05, 0.1) is 11.4 Å². The third-order valence-corrected chi connectivity index (χ3v) is 4.58. The van der Waals surface area contributed by atoms with Gasteiger partial charge in [0.2, 0.25) is 5.91 Å². The summed E-state index contributed by atoms with van der Waals surface area (Å²) in [5, 5.41) is 0. The van der Waals surface area contributed by atoms with Crippen LogP contribution in [0.3, 0.4) is 0 Å². The minimum Gasteiger partial charge on any atom is -0.335 e. The lowest BCUT2D eigenvalue weighted by atomic mass is 9.95. The molecule has 18 heavy (non-hydrogen) atoms. The van der Waals surface area contributed by atoms with Gasteiger partial charge < -0.3 is 4.90 Å². The smallest absolute Gasteiger partial charge is 0.223 e. The number of likely N-dealkylation sites (tertiary alicyclic amines) is 1. The summed E-state index contributed by atoms with van der Waals surface area (Å²) in [7, 11) is 0. The predicted molar refractivity (Wildman–Crippen MR) is 72.9 cm³/mol. The molecule has 1 atom stereocenters. The van der Waals surface area contributed by atoms with Crippen molar-refractivity contribution in [3.8, 4) is 0 Å². The zero-order chi connectivity index (χ0) is 13.3.